The summed E-state index contributed by atoms with van der Waals surface area (Å²) in [7, 11) is 0. The van der Waals surface area contributed by atoms with E-state index in [4.69, 9.17) is 4.99 Å². The van der Waals surface area contributed by atoms with E-state index in [0.29, 0.717) is 5.92 Å². The maximum atomic E-state index is 13.6. The van der Waals surface area contributed by atoms with E-state index in [9.17, 15) is 4.39 Å². The third-order valence-corrected chi connectivity index (χ3v) is 5.45. The molecule has 0 saturated heterocycles. The van der Waals surface area contributed by atoms with Crippen LogP contribution in [0.5, 0.6) is 0 Å². The molecular weight excluding hydrogens is 323 g/mol. The average molecular weight is 346 g/mol. The van der Waals surface area contributed by atoms with Crippen molar-refractivity contribution >= 4 is 6.21 Å². The molecule has 0 amide bonds. The van der Waals surface area contributed by atoms with Crippen LogP contribution in [0.2, 0.25) is 0 Å². The smallest absolute Gasteiger partial charge is 0.123 e. The lowest BCUT2D eigenvalue weighted by Gasteiger charge is -2.47. The van der Waals surface area contributed by atoms with Crippen LogP contribution in [0, 0.1) is 11.7 Å². The number of fused-ring (bicyclic) bond motifs is 3. The lowest BCUT2D eigenvalue weighted by molar-refractivity contribution is 0.453. The lowest BCUT2D eigenvalue weighted by Crippen LogP contribution is -2.44. The molecule has 1 aliphatic heterocycles. The van der Waals surface area contributed by atoms with E-state index in [0.717, 1.165) is 24.1 Å². The van der Waals surface area contributed by atoms with Gasteiger partial charge in [0.1, 0.15) is 11.4 Å². The molecule has 0 saturated carbocycles. The fourth-order valence-electron chi connectivity index (χ4n) is 4.49. The van der Waals surface area contributed by atoms with Crippen molar-refractivity contribution < 1.29 is 4.39 Å². The van der Waals surface area contributed by atoms with Crippen LogP contribution in [0.1, 0.15) is 32.3 Å². The van der Waals surface area contributed by atoms with Crippen molar-refractivity contribution in [3.8, 4) is 0 Å². The maximum Gasteiger partial charge on any atom is 0.123 e. The summed E-state index contributed by atoms with van der Waals surface area (Å²) in [6.07, 6.45) is 12.3. The van der Waals surface area contributed by atoms with Crippen LogP contribution in [0.4, 0.5) is 4.39 Å². The van der Waals surface area contributed by atoms with Crippen LogP contribution in [0.25, 0.3) is 0 Å². The van der Waals surface area contributed by atoms with Crippen LogP contribution >= 0.6 is 0 Å². The summed E-state index contributed by atoms with van der Waals surface area (Å²) in [6.45, 7) is 8.30. The van der Waals surface area contributed by atoms with Crippen LogP contribution in [-0.4, -0.2) is 11.8 Å². The van der Waals surface area contributed by atoms with Crippen LogP contribution in [0.3, 0.4) is 0 Å². The number of benzene rings is 1. The summed E-state index contributed by atoms with van der Waals surface area (Å²) in [6, 6.07) is 6.58. The number of halogens is 1. The second-order valence-corrected chi connectivity index (χ2v) is 7.29. The monoisotopic (exact) mass is 346 g/mol. The number of allylic oxidation sites excluding steroid dienone is 4. The Hall–Kier alpha value is -2.68. The first kappa shape index (κ1) is 16.8. The maximum absolute atomic E-state index is 13.6. The van der Waals surface area contributed by atoms with E-state index in [1.165, 1.54) is 34.5 Å². The normalized spacial score (nSPS) is 29.0. The van der Waals surface area contributed by atoms with Crippen molar-refractivity contribution in [2.24, 2.45) is 10.9 Å². The van der Waals surface area contributed by atoms with Gasteiger partial charge in [0.2, 0.25) is 0 Å². The molecule has 2 atom stereocenters. The fourth-order valence-corrected chi connectivity index (χ4v) is 4.49. The minimum absolute atomic E-state index is 0.241. The Morgan fingerprint density at radius 2 is 2.19 bits per heavy atom. The van der Waals surface area contributed by atoms with Gasteiger partial charge in [0, 0.05) is 35.5 Å². The number of aliphatic imine (C=N–C) groups is 1. The van der Waals surface area contributed by atoms with Gasteiger partial charge in [-0.3, -0.25) is 4.99 Å². The molecule has 1 N–H and O–H groups in total. The largest absolute Gasteiger partial charge is 0.359 e. The molecule has 3 heteroatoms. The van der Waals surface area contributed by atoms with E-state index in [1.807, 2.05) is 18.4 Å². The molecule has 1 aromatic carbocycles. The molecule has 2 unspecified atom stereocenters. The van der Waals surface area contributed by atoms with Crippen molar-refractivity contribution in [2.75, 3.05) is 0 Å². The molecule has 132 valence electrons. The average Bonchev–Trinajstić information content (AvgIpc) is 2.59. The Balaban J connectivity index is 1.87. The summed E-state index contributed by atoms with van der Waals surface area (Å²) >= 11 is 0. The molecule has 4 rings (SSSR count). The molecule has 2 aliphatic carbocycles. The van der Waals surface area contributed by atoms with Gasteiger partial charge in [0.05, 0.1) is 0 Å². The van der Waals surface area contributed by atoms with Gasteiger partial charge in [-0.1, -0.05) is 42.5 Å². The van der Waals surface area contributed by atoms with Gasteiger partial charge < -0.3 is 5.32 Å². The van der Waals surface area contributed by atoms with Crippen LogP contribution in [0.15, 0.2) is 88.3 Å². The van der Waals surface area contributed by atoms with E-state index < -0.39 is 5.54 Å². The zero-order valence-corrected chi connectivity index (χ0v) is 15.2. The first-order valence-corrected chi connectivity index (χ1v) is 9.04. The van der Waals surface area contributed by atoms with Crippen LogP contribution in [-0.2, 0) is 0 Å². The Labute approximate surface area is 154 Å². The molecule has 3 aliphatic rings. The predicted molar refractivity (Wildman–Crippen MR) is 105 cm³/mol. The van der Waals surface area contributed by atoms with E-state index in [-0.39, 0.29) is 5.82 Å². The zero-order chi connectivity index (χ0) is 18.3. The van der Waals surface area contributed by atoms with Gasteiger partial charge >= 0.3 is 0 Å². The number of hydrogen-bond acceptors (Lipinski definition) is 2. The first-order valence-electron chi connectivity index (χ1n) is 9.04. The molecule has 0 fully saturated rings. The third-order valence-electron chi connectivity index (χ3n) is 5.45. The molecule has 1 heterocycles. The first-order chi connectivity index (χ1) is 12.5. The highest BCUT2D eigenvalue weighted by Crippen LogP contribution is 2.52. The number of rotatable bonds is 2. The molecule has 0 spiro atoms. The molecule has 2 bridgehead atoms. The number of nitrogens with zero attached hydrogens (tertiary/aromatic N) is 1. The molecule has 0 radical (unpaired) electrons. The second kappa shape index (κ2) is 6.24. The Bertz CT molecular complexity index is 929. The topological polar surface area (TPSA) is 24.4 Å². The van der Waals surface area contributed by atoms with Gasteiger partial charge in [-0.2, -0.15) is 0 Å². The summed E-state index contributed by atoms with van der Waals surface area (Å²) < 4.78 is 13.6. The molecular formula is C23H23FN2. The second-order valence-electron chi connectivity index (χ2n) is 7.29. The highest BCUT2D eigenvalue weighted by atomic mass is 19.1. The summed E-state index contributed by atoms with van der Waals surface area (Å²) in [4.78, 5) is 5.08. The highest BCUT2D eigenvalue weighted by molar-refractivity contribution is 5.81. The Morgan fingerprint density at radius 1 is 1.35 bits per heavy atom. The minimum atomic E-state index is -0.428. The Morgan fingerprint density at radius 3 is 2.96 bits per heavy atom. The summed E-state index contributed by atoms with van der Waals surface area (Å²) in [5, 5.41) is 3.45. The van der Waals surface area contributed by atoms with Crippen molar-refractivity contribution in [3.05, 3.63) is 94.6 Å². The molecule has 2 nitrogen and oxygen atoms in total. The van der Waals surface area contributed by atoms with Gasteiger partial charge in [0.25, 0.3) is 0 Å². The predicted octanol–water partition coefficient (Wildman–Crippen LogP) is 5.23. The molecule has 1 aromatic rings. The summed E-state index contributed by atoms with van der Waals surface area (Å²) in [5.41, 5.74) is 6.35. The molecule has 0 aromatic heterocycles. The number of dihydropyridines is 1. The zero-order valence-electron chi connectivity index (χ0n) is 15.2. The number of nitrogens with one attached hydrogen (secondary N) is 1. The fraction of sp³-hybridized carbons (Fsp3) is 0.261. The lowest BCUT2D eigenvalue weighted by atomic mass is 9.62. The standard InChI is InChI=1S/C23H23FN2/c1-4-20-18-10-15(2)13-23(20,21-9-8-16(3)26-22(21)12-18)25-14-17-6-5-7-19(24)11-17/h4-11,14,18,26H,3,12-13H2,1-2H3/b20-4+,25-14?. The van der Waals surface area contributed by atoms with Gasteiger partial charge in [-0.05, 0) is 49.6 Å². The van der Waals surface area contributed by atoms with E-state index in [1.54, 1.807) is 6.07 Å². The van der Waals surface area contributed by atoms with Crippen molar-refractivity contribution in [3.63, 3.8) is 0 Å². The van der Waals surface area contributed by atoms with Crippen molar-refractivity contribution in [1.29, 1.82) is 0 Å². The number of hydrogen-bond donors (Lipinski definition) is 1. The highest BCUT2D eigenvalue weighted by Gasteiger charge is 2.47. The van der Waals surface area contributed by atoms with Crippen LogP contribution < -0.4 is 5.32 Å². The van der Waals surface area contributed by atoms with Gasteiger partial charge in [-0.25, -0.2) is 4.39 Å². The summed E-state index contributed by atoms with van der Waals surface area (Å²) in [5.74, 6) is 0.0957. The van der Waals surface area contributed by atoms with Crippen molar-refractivity contribution in [2.45, 2.75) is 32.2 Å². The Kier molecular flexibility index (Phi) is 4.03. The minimum Gasteiger partial charge on any atom is -0.359 e. The third kappa shape index (κ3) is 2.68. The van der Waals surface area contributed by atoms with Crippen molar-refractivity contribution in [1.82, 2.24) is 5.32 Å². The van der Waals surface area contributed by atoms with E-state index in [2.05, 4.69) is 44.0 Å². The quantitative estimate of drug-likeness (QED) is 0.576. The van der Waals surface area contributed by atoms with Gasteiger partial charge in [0.15, 0.2) is 0 Å². The SMILES string of the molecule is C=C1C=CC2=C(CC3C=C(C)CC2(N=Cc2cccc(F)c2)/C3=C/C)N1. The van der Waals surface area contributed by atoms with Gasteiger partial charge in [-0.15, -0.1) is 0 Å². The molecule has 26 heavy (non-hydrogen) atoms. The van der Waals surface area contributed by atoms with E-state index >= 15 is 0 Å².